The molecule has 0 aliphatic heterocycles. The van der Waals surface area contributed by atoms with Crippen molar-refractivity contribution < 1.29 is 8.78 Å². The first kappa shape index (κ1) is 13.7. The Balaban J connectivity index is 2.06. The van der Waals surface area contributed by atoms with Crippen LogP contribution in [0.2, 0.25) is 5.02 Å². The highest BCUT2D eigenvalue weighted by molar-refractivity contribution is 6.30. The molecule has 3 rings (SSSR count). The largest absolute Gasteiger partial charge is 0.220 e. The molecule has 21 heavy (non-hydrogen) atoms. The van der Waals surface area contributed by atoms with Crippen LogP contribution in [-0.4, -0.2) is 15.0 Å². The van der Waals surface area contributed by atoms with Gasteiger partial charge in [-0.2, -0.15) is 0 Å². The van der Waals surface area contributed by atoms with E-state index in [4.69, 9.17) is 11.6 Å². The quantitative estimate of drug-likeness (QED) is 0.711. The number of aryl methyl sites for hydroxylation is 1. The van der Waals surface area contributed by atoms with Gasteiger partial charge in [-0.15, -0.1) is 5.10 Å². The van der Waals surface area contributed by atoms with Crippen LogP contribution in [0.25, 0.3) is 16.9 Å². The van der Waals surface area contributed by atoms with Crippen LogP contribution >= 0.6 is 11.6 Å². The average molecular weight is 306 g/mol. The van der Waals surface area contributed by atoms with Crippen LogP contribution < -0.4 is 0 Å². The van der Waals surface area contributed by atoms with E-state index in [1.165, 1.54) is 16.8 Å². The minimum Gasteiger partial charge on any atom is -0.220 e. The van der Waals surface area contributed by atoms with E-state index >= 15 is 0 Å². The maximum absolute atomic E-state index is 13.8. The lowest BCUT2D eigenvalue weighted by Gasteiger charge is -2.04. The topological polar surface area (TPSA) is 30.7 Å². The molecule has 0 aliphatic carbocycles. The van der Waals surface area contributed by atoms with Gasteiger partial charge in [-0.05, 0) is 36.8 Å². The average Bonchev–Trinajstić information content (AvgIpc) is 2.91. The van der Waals surface area contributed by atoms with E-state index in [9.17, 15) is 8.78 Å². The summed E-state index contributed by atoms with van der Waals surface area (Å²) in [6, 6.07) is 8.72. The van der Waals surface area contributed by atoms with Crippen LogP contribution in [-0.2, 0) is 0 Å². The van der Waals surface area contributed by atoms with Crippen LogP contribution in [0.1, 0.15) is 5.56 Å². The molecule has 6 heteroatoms. The summed E-state index contributed by atoms with van der Waals surface area (Å²) in [6.45, 7) is 1.91. The minimum atomic E-state index is -0.676. The molecule has 0 unspecified atom stereocenters. The van der Waals surface area contributed by atoms with Gasteiger partial charge in [0.25, 0.3) is 0 Å². The molecule has 0 radical (unpaired) electrons. The Morgan fingerprint density at radius 3 is 2.67 bits per heavy atom. The van der Waals surface area contributed by atoms with Gasteiger partial charge in [0, 0.05) is 16.7 Å². The fraction of sp³-hybridized carbons (Fsp3) is 0.0667. The van der Waals surface area contributed by atoms with Crippen LogP contribution in [0.5, 0.6) is 0 Å². The summed E-state index contributed by atoms with van der Waals surface area (Å²) < 4.78 is 28.2. The van der Waals surface area contributed by atoms with Crippen molar-refractivity contribution in [2.24, 2.45) is 0 Å². The van der Waals surface area contributed by atoms with Gasteiger partial charge in [0.05, 0.1) is 11.9 Å². The molecule has 0 aliphatic rings. The van der Waals surface area contributed by atoms with Gasteiger partial charge in [0.15, 0.2) is 0 Å². The van der Waals surface area contributed by atoms with Gasteiger partial charge in [0.2, 0.25) is 0 Å². The number of hydrogen-bond donors (Lipinski definition) is 0. The van der Waals surface area contributed by atoms with Crippen molar-refractivity contribution in [3.05, 3.63) is 64.8 Å². The number of benzene rings is 2. The Bertz CT molecular complexity index is 814. The molecule has 0 N–H and O–H groups in total. The number of halogens is 3. The summed E-state index contributed by atoms with van der Waals surface area (Å²) in [5.74, 6) is -1.31. The molecule has 3 nitrogen and oxygen atoms in total. The van der Waals surface area contributed by atoms with Gasteiger partial charge in [0.1, 0.15) is 17.3 Å². The zero-order valence-electron chi connectivity index (χ0n) is 11.0. The fourth-order valence-corrected chi connectivity index (χ4v) is 2.20. The van der Waals surface area contributed by atoms with Crippen LogP contribution in [0.4, 0.5) is 8.78 Å². The molecule has 3 aromatic rings. The molecule has 0 saturated heterocycles. The third-order valence-corrected chi connectivity index (χ3v) is 3.35. The lowest BCUT2D eigenvalue weighted by molar-refractivity contribution is 0.585. The standard InChI is InChI=1S/C15H10ClF2N3/c1-9-2-3-10(16)6-15(9)21-8-14(19-20-21)12-5-4-11(17)7-13(12)18/h2-8H,1H3. The van der Waals surface area contributed by atoms with E-state index in [-0.39, 0.29) is 5.56 Å². The Morgan fingerprint density at radius 1 is 1.10 bits per heavy atom. The molecule has 1 heterocycles. The molecule has 1 aromatic heterocycles. The zero-order valence-corrected chi connectivity index (χ0v) is 11.8. The smallest absolute Gasteiger partial charge is 0.135 e. The van der Waals surface area contributed by atoms with Gasteiger partial charge < -0.3 is 0 Å². The molecule has 106 valence electrons. The lowest BCUT2D eigenvalue weighted by Crippen LogP contribution is -1.97. The number of aromatic nitrogens is 3. The van der Waals surface area contributed by atoms with E-state index in [2.05, 4.69) is 10.3 Å². The van der Waals surface area contributed by atoms with Gasteiger partial charge in [-0.3, -0.25) is 0 Å². The van der Waals surface area contributed by atoms with Gasteiger partial charge in [-0.1, -0.05) is 22.9 Å². The Hall–Kier alpha value is -2.27. The highest BCUT2D eigenvalue weighted by atomic mass is 35.5. The predicted octanol–water partition coefficient (Wildman–Crippen LogP) is 4.17. The van der Waals surface area contributed by atoms with E-state index in [1.54, 1.807) is 18.3 Å². The van der Waals surface area contributed by atoms with Crippen LogP contribution in [0.15, 0.2) is 42.6 Å². The first-order chi connectivity index (χ1) is 10.0. The highest BCUT2D eigenvalue weighted by Crippen LogP contribution is 2.24. The Morgan fingerprint density at radius 2 is 1.90 bits per heavy atom. The highest BCUT2D eigenvalue weighted by Gasteiger charge is 2.12. The fourth-order valence-electron chi connectivity index (χ4n) is 2.03. The summed E-state index contributed by atoms with van der Waals surface area (Å²) in [6.07, 6.45) is 1.58. The van der Waals surface area contributed by atoms with Crippen molar-refractivity contribution in [1.29, 1.82) is 0 Å². The van der Waals surface area contributed by atoms with Crippen molar-refractivity contribution in [2.45, 2.75) is 6.92 Å². The van der Waals surface area contributed by atoms with Crippen molar-refractivity contribution >= 4 is 11.6 Å². The second-order valence-electron chi connectivity index (χ2n) is 4.60. The summed E-state index contributed by atoms with van der Waals surface area (Å²) in [5.41, 5.74) is 2.23. The second-order valence-corrected chi connectivity index (χ2v) is 5.04. The number of rotatable bonds is 2. The van der Waals surface area contributed by atoms with E-state index in [0.717, 1.165) is 17.3 Å². The molecular formula is C15H10ClF2N3. The SMILES string of the molecule is Cc1ccc(Cl)cc1-n1cc(-c2ccc(F)cc2F)nn1. The molecule has 0 amide bonds. The summed E-state index contributed by atoms with van der Waals surface area (Å²) in [5, 5.41) is 8.48. The first-order valence-corrected chi connectivity index (χ1v) is 6.57. The monoisotopic (exact) mass is 305 g/mol. The summed E-state index contributed by atoms with van der Waals surface area (Å²) >= 11 is 5.97. The van der Waals surface area contributed by atoms with Crippen LogP contribution in [0.3, 0.4) is 0 Å². The number of hydrogen-bond acceptors (Lipinski definition) is 2. The molecule has 0 saturated carbocycles. The molecule has 0 bridgehead atoms. The van der Waals surface area contributed by atoms with E-state index in [1.807, 2.05) is 13.0 Å². The maximum Gasteiger partial charge on any atom is 0.135 e. The first-order valence-electron chi connectivity index (χ1n) is 6.19. The Labute approximate surface area is 124 Å². The third kappa shape index (κ3) is 2.64. The van der Waals surface area contributed by atoms with Crippen molar-refractivity contribution in [1.82, 2.24) is 15.0 Å². The molecular weight excluding hydrogens is 296 g/mol. The van der Waals surface area contributed by atoms with E-state index < -0.39 is 11.6 Å². The van der Waals surface area contributed by atoms with Crippen molar-refractivity contribution in [2.75, 3.05) is 0 Å². The summed E-state index contributed by atoms with van der Waals surface area (Å²) in [4.78, 5) is 0. The van der Waals surface area contributed by atoms with Gasteiger partial charge >= 0.3 is 0 Å². The van der Waals surface area contributed by atoms with Crippen LogP contribution in [0, 0.1) is 18.6 Å². The molecule has 0 fully saturated rings. The van der Waals surface area contributed by atoms with E-state index in [0.29, 0.717) is 10.7 Å². The van der Waals surface area contributed by atoms with Crippen molar-refractivity contribution in [3.63, 3.8) is 0 Å². The second kappa shape index (κ2) is 5.26. The maximum atomic E-state index is 13.8. The molecule has 0 atom stereocenters. The third-order valence-electron chi connectivity index (χ3n) is 3.12. The van der Waals surface area contributed by atoms with Crippen molar-refractivity contribution in [3.8, 4) is 16.9 Å². The molecule has 0 spiro atoms. The number of nitrogens with zero attached hydrogens (tertiary/aromatic N) is 3. The zero-order chi connectivity index (χ0) is 15.0. The normalized spacial score (nSPS) is 10.9. The Kier molecular flexibility index (Phi) is 3.43. The predicted molar refractivity (Wildman–Crippen MR) is 76.5 cm³/mol. The van der Waals surface area contributed by atoms with Gasteiger partial charge in [-0.25, -0.2) is 13.5 Å². The molecule has 2 aromatic carbocycles. The minimum absolute atomic E-state index is 0.197. The summed E-state index contributed by atoms with van der Waals surface area (Å²) in [7, 11) is 0. The lowest BCUT2D eigenvalue weighted by atomic mass is 10.1.